The van der Waals surface area contributed by atoms with Gasteiger partial charge in [-0.1, -0.05) is 42.0 Å². The van der Waals surface area contributed by atoms with E-state index in [1.54, 1.807) is 0 Å². The Kier molecular flexibility index (Phi) is 4.77. The molecule has 1 heteroatoms. The maximum absolute atomic E-state index is 5.66. The molecule has 0 bridgehead atoms. The fourth-order valence-corrected chi connectivity index (χ4v) is 1.43. The molecule has 0 spiro atoms. The summed E-state index contributed by atoms with van der Waals surface area (Å²) < 4.78 is 0. The van der Waals surface area contributed by atoms with Gasteiger partial charge < -0.3 is 5.73 Å². The molecule has 0 saturated heterocycles. The van der Waals surface area contributed by atoms with Crippen LogP contribution in [0.5, 0.6) is 0 Å². The second kappa shape index (κ2) is 6.09. The Morgan fingerprint density at radius 3 is 2.24 bits per heavy atom. The average Bonchev–Trinajstić information content (AvgIpc) is 2.29. The molecule has 0 unspecified atom stereocenters. The first kappa shape index (κ1) is 13.3. The third-order valence-electron chi connectivity index (χ3n) is 2.75. The lowest BCUT2D eigenvalue weighted by molar-refractivity contribution is 1.14. The first-order chi connectivity index (χ1) is 7.99. The average molecular weight is 227 g/mol. The molecule has 0 amide bonds. The van der Waals surface area contributed by atoms with Crippen LogP contribution in [0.2, 0.25) is 0 Å². The summed E-state index contributed by atoms with van der Waals surface area (Å²) in [5.74, 6) is 0. The fourth-order valence-electron chi connectivity index (χ4n) is 1.43. The van der Waals surface area contributed by atoms with Crippen LogP contribution < -0.4 is 5.73 Å². The van der Waals surface area contributed by atoms with E-state index in [2.05, 4.69) is 44.7 Å². The molecule has 2 N–H and O–H groups in total. The quantitative estimate of drug-likeness (QED) is 0.603. The number of anilines is 1. The van der Waals surface area contributed by atoms with Crippen LogP contribution in [-0.2, 0) is 6.42 Å². The molecule has 0 heterocycles. The van der Waals surface area contributed by atoms with E-state index in [9.17, 15) is 0 Å². The minimum absolute atomic E-state index is 0.813. The number of rotatable bonds is 4. The van der Waals surface area contributed by atoms with Gasteiger partial charge in [0.05, 0.1) is 0 Å². The second-order valence-corrected chi connectivity index (χ2v) is 4.56. The van der Waals surface area contributed by atoms with Crippen molar-refractivity contribution >= 4 is 5.69 Å². The minimum Gasteiger partial charge on any atom is -0.399 e. The van der Waals surface area contributed by atoms with E-state index in [1.165, 1.54) is 16.7 Å². The number of hydrogen-bond acceptors (Lipinski definition) is 1. The molecule has 1 aromatic carbocycles. The maximum atomic E-state index is 5.66. The van der Waals surface area contributed by atoms with Crippen molar-refractivity contribution in [3.63, 3.8) is 0 Å². The Morgan fingerprint density at radius 1 is 1.12 bits per heavy atom. The number of benzene rings is 1. The summed E-state index contributed by atoms with van der Waals surface area (Å²) >= 11 is 0. The number of hydrogen-bond donors (Lipinski definition) is 1. The van der Waals surface area contributed by atoms with Gasteiger partial charge >= 0.3 is 0 Å². The third kappa shape index (κ3) is 4.73. The largest absolute Gasteiger partial charge is 0.399 e. The van der Waals surface area contributed by atoms with Crippen LogP contribution in [0.3, 0.4) is 0 Å². The predicted molar refractivity (Wildman–Crippen MR) is 76.9 cm³/mol. The van der Waals surface area contributed by atoms with Crippen LogP contribution in [-0.4, -0.2) is 0 Å². The molecule has 17 heavy (non-hydrogen) atoms. The van der Waals surface area contributed by atoms with Gasteiger partial charge in [-0.2, -0.15) is 0 Å². The third-order valence-corrected chi connectivity index (χ3v) is 2.75. The van der Waals surface area contributed by atoms with Gasteiger partial charge in [-0.15, -0.1) is 0 Å². The summed E-state index contributed by atoms with van der Waals surface area (Å²) in [5.41, 5.74) is 11.4. The molecule has 0 saturated carbocycles. The van der Waals surface area contributed by atoms with E-state index in [0.717, 1.165) is 17.7 Å². The molecule has 0 aliphatic carbocycles. The van der Waals surface area contributed by atoms with Gasteiger partial charge in [-0.25, -0.2) is 0 Å². The summed E-state index contributed by atoms with van der Waals surface area (Å²) in [6.45, 7) is 10.2. The zero-order valence-electron chi connectivity index (χ0n) is 11.0. The summed E-state index contributed by atoms with van der Waals surface area (Å²) in [5, 5.41) is 0. The van der Waals surface area contributed by atoms with Crippen LogP contribution in [0, 0.1) is 0 Å². The molecule has 0 radical (unpaired) electrons. The van der Waals surface area contributed by atoms with Gasteiger partial charge in [-0.05, 0) is 50.5 Å². The van der Waals surface area contributed by atoms with Crippen molar-refractivity contribution in [3.05, 3.63) is 65.3 Å². The first-order valence-electron chi connectivity index (χ1n) is 5.83. The summed E-state index contributed by atoms with van der Waals surface area (Å²) in [6, 6.07) is 8.03. The van der Waals surface area contributed by atoms with Gasteiger partial charge in [0.1, 0.15) is 0 Å². The van der Waals surface area contributed by atoms with Crippen LogP contribution in [0.15, 0.2) is 59.7 Å². The van der Waals surface area contributed by atoms with Crippen molar-refractivity contribution in [1.29, 1.82) is 0 Å². The topological polar surface area (TPSA) is 26.0 Å². The smallest absolute Gasteiger partial charge is 0.0314 e. The predicted octanol–water partition coefficient (Wildman–Crippen LogP) is 4.28. The Labute approximate surface area is 104 Å². The molecular weight excluding hydrogens is 206 g/mol. The molecule has 0 aromatic heterocycles. The van der Waals surface area contributed by atoms with E-state index < -0.39 is 0 Å². The Balaban J connectivity index is 2.69. The summed E-state index contributed by atoms with van der Waals surface area (Å²) in [7, 11) is 0. The highest BCUT2D eigenvalue weighted by atomic mass is 14.5. The second-order valence-electron chi connectivity index (χ2n) is 4.56. The van der Waals surface area contributed by atoms with Gasteiger partial charge in [-0.3, -0.25) is 0 Å². The molecule has 0 aliphatic heterocycles. The number of allylic oxidation sites excluding steroid dienone is 5. The van der Waals surface area contributed by atoms with Crippen LogP contribution >= 0.6 is 0 Å². The Bertz CT molecular complexity index is 447. The van der Waals surface area contributed by atoms with Gasteiger partial charge in [0.25, 0.3) is 0 Å². The molecule has 1 nitrogen and oxygen atoms in total. The molecule has 90 valence electrons. The molecule has 1 aromatic rings. The van der Waals surface area contributed by atoms with Crippen molar-refractivity contribution in [3.8, 4) is 0 Å². The first-order valence-corrected chi connectivity index (χ1v) is 5.83. The maximum Gasteiger partial charge on any atom is 0.0314 e. The standard InChI is InChI=1S/C16H21N/c1-12(2)14(4)6-5-13(3)11-15-7-9-16(17)10-8-15/h5-10H,1,11,17H2,2-4H3/b13-5+,14-6-. The summed E-state index contributed by atoms with van der Waals surface area (Å²) in [6.07, 6.45) is 5.23. The normalized spacial score (nSPS) is 12.6. The lowest BCUT2D eigenvalue weighted by atomic mass is 10.0. The lowest BCUT2D eigenvalue weighted by Gasteiger charge is -2.02. The van der Waals surface area contributed by atoms with Gasteiger partial charge in [0, 0.05) is 5.69 Å². The van der Waals surface area contributed by atoms with Gasteiger partial charge in [0.2, 0.25) is 0 Å². The molecule has 0 aliphatic rings. The molecule has 0 fully saturated rings. The highest BCUT2D eigenvalue weighted by Crippen LogP contribution is 2.12. The monoisotopic (exact) mass is 227 g/mol. The van der Waals surface area contributed by atoms with E-state index in [1.807, 2.05) is 19.1 Å². The minimum atomic E-state index is 0.813. The van der Waals surface area contributed by atoms with E-state index >= 15 is 0 Å². The lowest BCUT2D eigenvalue weighted by Crippen LogP contribution is -1.89. The Morgan fingerprint density at radius 2 is 1.71 bits per heavy atom. The zero-order valence-corrected chi connectivity index (χ0v) is 11.0. The SMILES string of the molecule is C=C(C)/C(C)=C\C=C(/C)Cc1ccc(N)cc1. The van der Waals surface area contributed by atoms with Crippen molar-refractivity contribution in [2.45, 2.75) is 27.2 Å². The highest BCUT2D eigenvalue weighted by molar-refractivity contribution is 5.40. The zero-order chi connectivity index (χ0) is 12.8. The molecule has 1 rings (SSSR count). The fraction of sp³-hybridized carbons (Fsp3) is 0.250. The van der Waals surface area contributed by atoms with Crippen molar-refractivity contribution in [2.24, 2.45) is 0 Å². The highest BCUT2D eigenvalue weighted by Gasteiger charge is 1.94. The van der Waals surface area contributed by atoms with Crippen molar-refractivity contribution in [2.75, 3.05) is 5.73 Å². The van der Waals surface area contributed by atoms with Crippen molar-refractivity contribution < 1.29 is 0 Å². The Hall–Kier alpha value is -1.76. The van der Waals surface area contributed by atoms with Crippen LogP contribution in [0.25, 0.3) is 0 Å². The van der Waals surface area contributed by atoms with Crippen LogP contribution in [0.1, 0.15) is 26.3 Å². The molecule has 0 atom stereocenters. The number of nitrogens with two attached hydrogens (primary N) is 1. The number of nitrogen functional groups attached to an aromatic ring is 1. The van der Waals surface area contributed by atoms with E-state index in [0.29, 0.717) is 0 Å². The van der Waals surface area contributed by atoms with Gasteiger partial charge in [0.15, 0.2) is 0 Å². The van der Waals surface area contributed by atoms with E-state index in [-0.39, 0.29) is 0 Å². The summed E-state index contributed by atoms with van der Waals surface area (Å²) in [4.78, 5) is 0. The molecular formula is C16H21N. The van der Waals surface area contributed by atoms with Crippen LogP contribution in [0.4, 0.5) is 5.69 Å². The van der Waals surface area contributed by atoms with Crippen molar-refractivity contribution in [1.82, 2.24) is 0 Å². The van der Waals surface area contributed by atoms with E-state index in [4.69, 9.17) is 5.73 Å².